The van der Waals surface area contributed by atoms with E-state index in [2.05, 4.69) is 0 Å². The van der Waals surface area contributed by atoms with Crippen molar-refractivity contribution in [1.29, 1.82) is 0 Å². The number of carbonyl (C=O) groups is 2. The number of benzene rings is 1. The van der Waals surface area contributed by atoms with Gasteiger partial charge in [-0.15, -0.1) is 0 Å². The molecule has 0 saturated carbocycles. The summed E-state index contributed by atoms with van der Waals surface area (Å²) >= 11 is 0. The highest BCUT2D eigenvalue weighted by Crippen LogP contribution is 2.31. The average molecular weight is 372 g/mol. The predicted molar refractivity (Wildman–Crippen MR) is 85.1 cm³/mol. The SMILES string of the molecule is CC(=O)OC[C@H]1OC(O)C[C@@H](S(=O)(=O)c2ccccc2)[C@H]1OC(C)=O. The molecular formula is C16H20O8S. The normalized spacial score (nSPS) is 26.7. The summed E-state index contributed by atoms with van der Waals surface area (Å²) in [7, 11) is -3.92. The quantitative estimate of drug-likeness (QED) is 0.740. The first-order valence-corrected chi connectivity index (χ1v) is 9.19. The monoisotopic (exact) mass is 372 g/mol. The van der Waals surface area contributed by atoms with Gasteiger partial charge in [-0.2, -0.15) is 0 Å². The van der Waals surface area contributed by atoms with Crippen LogP contribution in [0.15, 0.2) is 35.2 Å². The fraction of sp³-hybridized carbons (Fsp3) is 0.500. The molecule has 1 heterocycles. The first-order chi connectivity index (χ1) is 11.7. The highest BCUT2D eigenvalue weighted by molar-refractivity contribution is 7.92. The van der Waals surface area contributed by atoms with E-state index in [0.29, 0.717) is 0 Å². The van der Waals surface area contributed by atoms with Crippen LogP contribution in [0.4, 0.5) is 0 Å². The number of ether oxygens (including phenoxy) is 3. The molecule has 0 amide bonds. The van der Waals surface area contributed by atoms with Gasteiger partial charge >= 0.3 is 11.9 Å². The van der Waals surface area contributed by atoms with Gasteiger partial charge in [0.15, 0.2) is 16.1 Å². The van der Waals surface area contributed by atoms with Gasteiger partial charge in [-0.25, -0.2) is 8.42 Å². The van der Waals surface area contributed by atoms with Crippen molar-refractivity contribution in [3.8, 4) is 0 Å². The first kappa shape index (κ1) is 19.4. The maximum absolute atomic E-state index is 12.9. The second-order valence-corrected chi connectivity index (χ2v) is 7.80. The smallest absolute Gasteiger partial charge is 0.303 e. The van der Waals surface area contributed by atoms with Gasteiger partial charge in [-0.1, -0.05) is 18.2 Å². The number of sulfone groups is 1. The molecule has 1 unspecified atom stereocenters. The molecule has 2 rings (SSSR count). The Bertz CT molecular complexity index is 715. The van der Waals surface area contributed by atoms with Gasteiger partial charge in [-0.05, 0) is 12.1 Å². The molecule has 4 atom stereocenters. The summed E-state index contributed by atoms with van der Waals surface area (Å²) < 4.78 is 41.1. The summed E-state index contributed by atoms with van der Waals surface area (Å²) in [5, 5.41) is 8.68. The molecule has 1 aromatic rings. The van der Waals surface area contributed by atoms with Crippen molar-refractivity contribution in [2.75, 3.05) is 6.61 Å². The lowest BCUT2D eigenvalue weighted by atomic mass is 10.0. The third-order valence-corrected chi connectivity index (χ3v) is 5.91. The molecule has 25 heavy (non-hydrogen) atoms. The highest BCUT2D eigenvalue weighted by Gasteiger charge is 2.48. The molecule has 1 aliphatic rings. The molecule has 1 aliphatic heterocycles. The van der Waals surface area contributed by atoms with E-state index in [1.165, 1.54) is 19.1 Å². The lowest BCUT2D eigenvalue weighted by Gasteiger charge is -2.38. The third-order valence-electron chi connectivity index (χ3n) is 3.72. The second-order valence-electron chi connectivity index (χ2n) is 5.64. The Morgan fingerprint density at radius 3 is 2.40 bits per heavy atom. The second kappa shape index (κ2) is 7.94. The summed E-state index contributed by atoms with van der Waals surface area (Å²) in [6.45, 7) is 1.98. The van der Waals surface area contributed by atoms with E-state index in [1.54, 1.807) is 18.2 Å². The van der Waals surface area contributed by atoms with Crippen LogP contribution in [0, 0.1) is 0 Å². The van der Waals surface area contributed by atoms with Crippen LogP contribution in [0.2, 0.25) is 0 Å². The Hall–Kier alpha value is -1.97. The van der Waals surface area contributed by atoms with Gasteiger partial charge in [0.2, 0.25) is 0 Å². The van der Waals surface area contributed by atoms with E-state index in [-0.39, 0.29) is 17.9 Å². The Balaban J connectivity index is 2.37. The van der Waals surface area contributed by atoms with E-state index in [0.717, 1.165) is 6.92 Å². The molecule has 1 saturated heterocycles. The number of esters is 2. The van der Waals surface area contributed by atoms with Crippen LogP contribution in [0.1, 0.15) is 20.3 Å². The van der Waals surface area contributed by atoms with Crippen LogP contribution in [-0.4, -0.2) is 55.8 Å². The van der Waals surface area contributed by atoms with E-state index in [4.69, 9.17) is 14.2 Å². The van der Waals surface area contributed by atoms with Crippen molar-refractivity contribution in [1.82, 2.24) is 0 Å². The van der Waals surface area contributed by atoms with E-state index in [9.17, 15) is 23.1 Å². The summed E-state index contributed by atoms with van der Waals surface area (Å²) in [6, 6.07) is 7.65. The Kier molecular flexibility index (Phi) is 6.15. The van der Waals surface area contributed by atoms with Crippen LogP contribution in [0.3, 0.4) is 0 Å². The van der Waals surface area contributed by atoms with Crippen LogP contribution < -0.4 is 0 Å². The zero-order valence-electron chi connectivity index (χ0n) is 13.8. The van der Waals surface area contributed by atoms with Crippen LogP contribution in [-0.2, 0) is 33.6 Å². The van der Waals surface area contributed by atoms with Crippen molar-refractivity contribution < 1.29 is 37.3 Å². The van der Waals surface area contributed by atoms with Gasteiger partial charge in [0.05, 0.1) is 4.90 Å². The minimum atomic E-state index is -3.92. The van der Waals surface area contributed by atoms with Crippen LogP contribution in [0.25, 0.3) is 0 Å². The van der Waals surface area contributed by atoms with Crippen molar-refractivity contribution in [2.45, 2.75) is 48.9 Å². The maximum Gasteiger partial charge on any atom is 0.303 e. The summed E-state index contributed by atoms with van der Waals surface area (Å²) in [5.74, 6) is -1.31. The fourth-order valence-corrected chi connectivity index (χ4v) is 4.56. The number of aliphatic hydroxyl groups is 1. The molecule has 0 radical (unpaired) electrons. The molecule has 0 bridgehead atoms. The molecular weight excluding hydrogens is 352 g/mol. The molecule has 9 heteroatoms. The Labute approximate surface area is 145 Å². The Morgan fingerprint density at radius 2 is 1.84 bits per heavy atom. The first-order valence-electron chi connectivity index (χ1n) is 7.65. The number of carbonyl (C=O) groups excluding carboxylic acids is 2. The Morgan fingerprint density at radius 1 is 1.20 bits per heavy atom. The van der Waals surface area contributed by atoms with Gasteiger partial charge in [0.1, 0.15) is 24.1 Å². The topological polar surface area (TPSA) is 116 Å². The van der Waals surface area contributed by atoms with Crippen LogP contribution in [0.5, 0.6) is 0 Å². The molecule has 0 spiro atoms. The lowest BCUT2D eigenvalue weighted by molar-refractivity contribution is -0.219. The van der Waals surface area contributed by atoms with E-state index in [1.807, 2.05) is 0 Å². The maximum atomic E-state index is 12.9. The molecule has 8 nitrogen and oxygen atoms in total. The minimum absolute atomic E-state index is 0.0393. The van der Waals surface area contributed by atoms with Gasteiger partial charge in [0.25, 0.3) is 0 Å². The number of hydrogen-bond donors (Lipinski definition) is 1. The molecule has 0 aromatic heterocycles. The standard InChI is InChI=1S/C16H20O8S/c1-10(17)22-9-13-16(23-11(2)18)14(8-15(19)24-13)25(20,21)12-6-4-3-5-7-12/h3-7,13-16,19H,8-9H2,1-2H3/t13-,14-,15?,16+/m1/s1. The molecule has 0 aliphatic carbocycles. The van der Waals surface area contributed by atoms with E-state index >= 15 is 0 Å². The van der Waals surface area contributed by atoms with E-state index < -0.39 is 45.5 Å². The van der Waals surface area contributed by atoms with Crippen LogP contribution >= 0.6 is 0 Å². The largest absolute Gasteiger partial charge is 0.463 e. The zero-order valence-corrected chi connectivity index (χ0v) is 14.6. The lowest BCUT2D eigenvalue weighted by Crippen LogP contribution is -2.55. The van der Waals surface area contributed by atoms with Gasteiger partial charge in [-0.3, -0.25) is 9.59 Å². The average Bonchev–Trinajstić information content (AvgIpc) is 2.54. The summed E-state index contributed by atoms with van der Waals surface area (Å²) in [6.07, 6.45) is -3.98. The van der Waals surface area contributed by atoms with Crippen molar-refractivity contribution in [3.05, 3.63) is 30.3 Å². The predicted octanol–water partition coefficient (Wildman–Crippen LogP) is 0.431. The minimum Gasteiger partial charge on any atom is -0.463 e. The number of aliphatic hydroxyl groups excluding tert-OH is 1. The molecule has 1 fully saturated rings. The van der Waals surface area contributed by atoms with Crippen molar-refractivity contribution >= 4 is 21.8 Å². The van der Waals surface area contributed by atoms with Gasteiger partial charge < -0.3 is 19.3 Å². The molecule has 138 valence electrons. The zero-order chi connectivity index (χ0) is 18.6. The van der Waals surface area contributed by atoms with Crippen molar-refractivity contribution in [2.24, 2.45) is 0 Å². The third kappa shape index (κ3) is 4.77. The van der Waals surface area contributed by atoms with Gasteiger partial charge in [0, 0.05) is 20.3 Å². The molecule has 1 N–H and O–H groups in total. The highest BCUT2D eigenvalue weighted by atomic mass is 32.2. The molecule has 1 aromatic carbocycles. The summed E-state index contributed by atoms with van der Waals surface area (Å²) in [4.78, 5) is 22.5. The summed E-state index contributed by atoms with van der Waals surface area (Å²) in [5.41, 5.74) is 0. The van der Waals surface area contributed by atoms with Crippen molar-refractivity contribution in [3.63, 3.8) is 0 Å². The fourth-order valence-electron chi connectivity index (χ4n) is 2.67. The number of rotatable bonds is 5. The number of hydrogen-bond acceptors (Lipinski definition) is 8.